The molecule has 2 aliphatic carbocycles. The highest BCUT2D eigenvalue weighted by Gasteiger charge is 2.47. The van der Waals surface area contributed by atoms with Crippen molar-refractivity contribution in [2.24, 2.45) is 17.8 Å². The van der Waals surface area contributed by atoms with Crippen LogP contribution in [0.15, 0.2) is 0 Å². The Labute approximate surface area is 141 Å². The highest BCUT2D eigenvalue weighted by Crippen LogP contribution is 2.47. The van der Waals surface area contributed by atoms with Crippen molar-refractivity contribution in [3.8, 4) is 0 Å². The van der Waals surface area contributed by atoms with E-state index >= 15 is 0 Å². The van der Waals surface area contributed by atoms with E-state index in [2.05, 4.69) is 18.7 Å². The first-order valence-electron chi connectivity index (χ1n) is 9.63. The average molecular weight is 325 g/mol. The van der Waals surface area contributed by atoms with Crippen molar-refractivity contribution in [1.82, 2.24) is 4.90 Å². The van der Waals surface area contributed by atoms with Crippen LogP contribution in [0.5, 0.6) is 0 Å². The third kappa shape index (κ3) is 4.91. The molecule has 3 fully saturated rings. The van der Waals surface area contributed by atoms with Crippen molar-refractivity contribution in [2.45, 2.75) is 64.2 Å². The van der Waals surface area contributed by atoms with Crippen molar-refractivity contribution in [3.63, 3.8) is 0 Å². The minimum atomic E-state index is 0.443. The molecule has 2 unspecified atom stereocenters. The number of likely N-dealkylation sites (tertiary alicyclic amines) is 1. The molecule has 0 aromatic rings. The van der Waals surface area contributed by atoms with Crippen LogP contribution in [-0.4, -0.2) is 63.2 Å². The lowest BCUT2D eigenvalue weighted by Gasteiger charge is -2.42. The van der Waals surface area contributed by atoms with Gasteiger partial charge in [-0.2, -0.15) is 0 Å². The van der Waals surface area contributed by atoms with Crippen LogP contribution < -0.4 is 0 Å². The molecule has 3 aliphatic rings. The highest BCUT2D eigenvalue weighted by molar-refractivity contribution is 4.98. The molecule has 0 radical (unpaired) electrons. The van der Waals surface area contributed by atoms with Gasteiger partial charge in [-0.3, -0.25) is 0 Å². The first-order chi connectivity index (χ1) is 11.2. The lowest BCUT2D eigenvalue weighted by Crippen LogP contribution is -2.51. The molecule has 2 atom stereocenters. The Morgan fingerprint density at radius 1 is 1.00 bits per heavy atom. The summed E-state index contributed by atoms with van der Waals surface area (Å²) >= 11 is 0. The quantitative estimate of drug-likeness (QED) is 0.547. The third-order valence-electron chi connectivity index (χ3n) is 6.00. The third-order valence-corrected chi connectivity index (χ3v) is 6.00. The van der Waals surface area contributed by atoms with Gasteiger partial charge in [-0.05, 0) is 63.7 Å². The molecule has 0 aromatic heterocycles. The molecule has 0 amide bonds. The fraction of sp³-hybridized carbons (Fsp3) is 1.00. The van der Waals surface area contributed by atoms with Gasteiger partial charge >= 0.3 is 0 Å². The van der Waals surface area contributed by atoms with Gasteiger partial charge in [0, 0.05) is 46.1 Å². The second-order valence-electron chi connectivity index (χ2n) is 8.07. The summed E-state index contributed by atoms with van der Waals surface area (Å²) in [5.74, 6) is 2.77. The van der Waals surface area contributed by atoms with E-state index in [0.29, 0.717) is 12.2 Å². The molecule has 0 spiro atoms. The van der Waals surface area contributed by atoms with E-state index < -0.39 is 0 Å². The normalized spacial score (nSPS) is 34.4. The van der Waals surface area contributed by atoms with Gasteiger partial charge in [0.25, 0.3) is 0 Å². The van der Waals surface area contributed by atoms with Gasteiger partial charge in [-0.25, -0.2) is 0 Å². The Morgan fingerprint density at radius 3 is 2.43 bits per heavy atom. The van der Waals surface area contributed by atoms with E-state index in [4.69, 9.17) is 14.2 Å². The second-order valence-corrected chi connectivity index (χ2v) is 8.07. The summed E-state index contributed by atoms with van der Waals surface area (Å²) in [6.07, 6.45) is 6.69. The lowest BCUT2D eigenvalue weighted by atomic mass is 9.92. The Kier molecular flexibility index (Phi) is 6.36. The predicted octanol–water partition coefficient (Wildman–Crippen LogP) is 2.95. The van der Waals surface area contributed by atoms with Crippen LogP contribution in [0, 0.1) is 17.8 Å². The van der Waals surface area contributed by atoms with Gasteiger partial charge in [0.2, 0.25) is 0 Å². The molecule has 4 heteroatoms. The van der Waals surface area contributed by atoms with Gasteiger partial charge in [0.05, 0.1) is 12.2 Å². The summed E-state index contributed by atoms with van der Waals surface area (Å²) in [7, 11) is 1.79. The molecule has 0 aromatic carbocycles. The lowest BCUT2D eigenvalue weighted by molar-refractivity contribution is -0.0878. The van der Waals surface area contributed by atoms with Crippen molar-refractivity contribution >= 4 is 0 Å². The number of hydrogen-bond donors (Lipinski definition) is 0. The molecule has 1 saturated heterocycles. The van der Waals surface area contributed by atoms with E-state index in [-0.39, 0.29) is 0 Å². The molecular weight excluding hydrogens is 290 g/mol. The topological polar surface area (TPSA) is 30.9 Å². The maximum Gasteiger partial charge on any atom is 0.0624 e. The van der Waals surface area contributed by atoms with Crippen LogP contribution in [0.4, 0.5) is 0 Å². The number of ether oxygens (including phenoxy) is 3. The number of methoxy groups -OCH3 is 1. The van der Waals surface area contributed by atoms with Crippen LogP contribution in [0.3, 0.4) is 0 Å². The molecule has 0 bridgehead atoms. The second kappa shape index (κ2) is 8.28. The molecule has 0 N–H and O–H groups in total. The maximum atomic E-state index is 5.87. The Balaban J connectivity index is 1.10. The van der Waals surface area contributed by atoms with Gasteiger partial charge in [0.1, 0.15) is 0 Å². The van der Waals surface area contributed by atoms with E-state index in [9.17, 15) is 0 Å². The summed E-state index contributed by atoms with van der Waals surface area (Å²) in [4.78, 5) is 2.58. The highest BCUT2D eigenvalue weighted by atomic mass is 16.5. The van der Waals surface area contributed by atoms with E-state index in [0.717, 1.165) is 69.3 Å². The zero-order chi connectivity index (χ0) is 16.2. The zero-order valence-electron chi connectivity index (χ0n) is 15.2. The summed E-state index contributed by atoms with van der Waals surface area (Å²) in [5.41, 5.74) is 0. The first kappa shape index (κ1) is 17.7. The molecule has 4 nitrogen and oxygen atoms in total. The van der Waals surface area contributed by atoms with E-state index in [1.165, 1.54) is 19.5 Å². The zero-order valence-corrected chi connectivity index (χ0v) is 15.2. The summed E-state index contributed by atoms with van der Waals surface area (Å²) in [6, 6.07) is 0.724. The minimum absolute atomic E-state index is 0.443. The van der Waals surface area contributed by atoms with Crippen LogP contribution in [0.2, 0.25) is 0 Å². The van der Waals surface area contributed by atoms with Gasteiger partial charge in [0.15, 0.2) is 0 Å². The van der Waals surface area contributed by atoms with Crippen LogP contribution in [0.25, 0.3) is 0 Å². The summed E-state index contributed by atoms with van der Waals surface area (Å²) in [6.45, 7) is 10.0. The molecule has 23 heavy (non-hydrogen) atoms. The summed E-state index contributed by atoms with van der Waals surface area (Å²) < 4.78 is 16.9. The largest absolute Gasteiger partial charge is 0.381 e. The Morgan fingerprint density at radius 2 is 1.74 bits per heavy atom. The Bertz CT molecular complexity index is 351. The Hall–Kier alpha value is -0.160. The van der Waals surface area contributed by atoms with Crippen molar-refractivity contribution in [3.05, 3.63) is 0 Å². The van der Waals surface area contributed by atoms with Crippen molar-refractivity contribution < 1.29 is 14.2 Å². The first-order valence-corrected chi connectivity index (χ1v) is 9.63. The molecule has 3 rings (SSSR count). The molecule has 134 valence electrons. The van der Waals surface area contributed by atoms with Crippen molar-refractivity contribution in [2.75, 3.05) is 40.0 Å². The molecule has 1 aliphatic heterocycles. The molecule has 2 saturated carbocycles. The smallest absolute Gasteiger partial charge is 0.0624 e. The van der Waals surface area contributed by atoms with E-state index in [1.807, 2.05) is 0 Å². The predicted molar refractivity (Wildman–Crippen MR) is 91.6 cm³/mol. The number of hydrogen-bond acceptors (Lipinski definition) is 4. The number of unbranched alkanes of at least 4 members (excludes halogenated alkanes) is 1. The number of nitrogens with zero attached hydrogens (tertiary/aromatic N) is 1. The van der Waals surface area contributed by atoms with Crippen molar-refractivity contribution in [1.29, 1.82) is 0 Å². The fourth-order valence-corrected chi connectivity index (χ4v) is 3.92. The van der Waals surface area contributed by atoms with Crippen LogP contribution in [-0.2, 0) is 14.2 Å². The SMILES string of the molecule is COC1CC(OCCCCOCC2CC2C2CN(C(C)C)C2)C1. The van der Waals surface area contributed by atoms with Gasteiger partial charge < -0.3 is 19.1 Å². The fourth-order valence-electron chi connectivity index (χ4n) is 3.92. The number of rotatable bonds is 11. The van der Waals surface area contributed by atoms with E-state index in [1.54, 1.807) is 7.11 Å². The molecule has 1 heterocycles. The monoisotopic (exact) mass is 325 g/mol. The van der Waals surface area contributed by atoms with Crippen LogP contribution in [0.1, 0.15) is 46.0 Å². The van der Waals surface area contributed by atoms with Gasteiger partial charge in [-0.1, -0.05) is 0 Å². The maximum absolute atomic E-state index is 5.87. The average Bonchev–Trinajstić information content (AvgIpc) is 3.16. The molecular formula is C19H35NO3. The standard InChI is InChI=1S/C19H35NO3/c1-14(2)20-11-16(12-20)19-8-15(19)13-22-6-4-5-7-23-18-9-17(10-18)21-3/h14-19H,4-13H2,1-3H3. The van der Waals surface area contributed by atoms with Crippen LogP contribution >= 0.6 is 0 Å². The minimum Gasteiger partial charge on any atom is -0.381 e. The van der Waals surface area contributed by atoms with Gasteiger partial charge in [-0.15, -0.1) is 0 Å². The summed E-state index contributed by atoms with van der Waals surface area (Å²) in [5, 5.41) is 0.